The van der Waals surface area contributed by atoms with E-state index in [1.165, 1.54) is 11.8 Å². The van der Waals surface area contributed by atoms with Gasteiger partial charge in [0.15, 0.2) is 5.78 Å². The third-order valence-corrected chi connectivity index (χ3v) is 4.76. The van der Waals surface area contributed by atoms with E-state index in [4.69, 9.17) is 4.42 Å². The van der Waals surface area contributed by atoms with Crippen LogP contribution in [0.5, 0.6) is 0 Å². The number of hydrogen-bond acceptors (Lipinski definition) is 6. The predicted molar refractivity (Wildman–Crippen MR) is 96.9 cm³/mol. The third kappa shape index (κ3) is 3.66. The molecule has 7 heteroatoms. The summed E-state index contributed by atoms with van der Waals surface area (Å²) in [4.78, 5) is 16.6. The van der Waals surface area contributed by atoms with Gasteiger partial charge in [0.2, 0.25) is 5.89 Å². The van der Waals surface area contributed by atoms with Crippen LogP contribution < -0.4 is 0 Å². The number of hydrogen-bond donors (Lipinski definition) is 0. The van der Waals surface area contributed by atoms with Gasteiger partial charge in [0.1, 0.15) is 0 Å². The molecule has 0 aromatic carbocycles. The monoisotopic (exact) mass is 356 g/mol. The Balaban J connectivity index is 1.69. The van der Waals surface area contributed by atoms with Gasteiger partial charge in [-0.1, -0.05) is 11.8 Å². The van der Waals surface area contributed by atoms with Gasteiger partial charge in [0.25, 0.3) is 5.22 Å². The Kier molecular flexibility index (Phi) is 5.03. The highest BCUT2D eigenvalue weighted by Crippen LogP contribution is 2.25. The van der Waals surface area contributed by atoms with Crippen LogP contribution in [-0.2, 0) is 0 Å². The minimum atomic E-state index is 0.0612. The van der Waals surface area contributed by atoms with Gasteiger partial charge in [-0.25, -0.2) is 0 Å². The molecule has 0 aliphatic heterocycles. The van der Waals surface area contributed by atoms with Crippen LogP contribution in [0.2, 0.25) is 0 Å². The first-order chi connectivity index (χ1) is 12.0. The summed E-state index contributed by atoms with van der Waals surface area (Å²) in [6.07, 6.45) is 3.34. The molecule has 0 amide bonds. The van der Waals surface area contributed by atoms with E-state index >= 15 is 0 Å². The van der Waals surface area contributed by atoms with Gasteiger partial charge in [-0.15, -0.1) is 10.2 Å². The number of aryl methyl sites for hydroxylation is 1. The zero-order chi connectivity index (χ0) is 18.0. The summed E-state index contributed by atoms with van der Waals surface area (Å²) in [5, 5.41) is 8.38. The Morgan fingerprint density at radius 3 is 2.76 bits per heavy atom. The molecule has 3 rings (SSSR count). The molecule has 3 aromatic rings. The highest BCUT2D eigenvalue weighted by molar-refractivity contribution is 7.99. The zero-order valence-corrected chi connectivity index (χ0v) is 15.5. The minimum absolute atomic E-state index is 0.0612. The second kappa shape index (κ2) is 7.23. The fourth-order valence-electron chi connectivity index (χ4n) is 2.93. The molecule has 0 bridgehead atoms. The van der Waals surface area contributed by atoms with Crippen molar-refractivity contribution in [1.29, 1.82) is 0 Å². The predicted octanol–water partition coefficient (Wildman–Crippen LogP) is 4.11. The fourth-order valence-corrected chi connectivity index (χ4v) is 3.58. The lowest BCUT2D eigenvalue weighted by atomic mass is 10.2. The summed E-state index contributed by atoms with van der Waals surface area (Å²) in [7, 11) is 0. The van der Waals surface area contributed by atoms with Gasteiger partial charge in [0, 0.05) is 35.4 Å². The number of ketones is 1. The molecule has 0 aliphatic carbocycles. The highest BCUT2D eigenvalue weighted by atomic mass is 32.2. The van der Waals surface area contributed by atoms with Gasteiger partial charge in [-0.2, -0.15) is 0 Å². The number of carbonyl (C=O) groups excluding carboxylic acids is 1. The molecule has 0 atom stereocenters. The standard InChI is InChI=1S/C18H20N4O2S/c1-11(2)22-12(3)8-15(13(22)4)16(23)10-25-18-21-20-17(24-18)14-6-5-7-19-9-14/h5-9,11H,10H2,1-4H3. The Hall–Kier alpha value is -2.41. The fraction of sp³-hybridized carbons (Fsp3) is 0.333. The Morgan fingerprint density at radius 1 is 1.32 bits per heavy atom. The molecule has 0 fully saturated rings. The van der Waals surface area contributed by atoms with E-state index in [1.807, 2.05) is 26.0 Å². The first kappa shape index (κ1) is 17.4. The van der Waals surface area contributed by atoms with E-state index < -0.39 is 0 Å². The smallest absolute Gasteiger partial charge is 0.277 e. The van der Waals surface area contributed by atoms with Crippen molar-refractivity contribution in [3.8, 4) is 11.5 Å². The molecular formula is C18H20N4O2S. The van der Waals surface area contributed by atoms with E-state index in [2.05, 4.69) is 33.6 Å². The van der Waals surface area contributed by atoms with Gasteiger partial charge < -0.3 is 8.98 Å². The molecule has 0 saturated carbocycles. The van der Waals surface area contributed by atoms with Crippen LogP contribution in [-0.4, -0.2) is 31.3 Å². The van der Waals surface area contributed by atoms with Crippen LogP contribution in [0, 0.1) is 13.8 Å². The Bertz CT molecular complexity index is 884. The van der Waals surface area contributed by atoms with Crippen molar-refractivity contribution in [2.45, 2.75) is 39.0 Å². The summed E-state index contributed by atoms with van der Waals surface area (Å²) in [5.74, 6) is 0.726. The van der Waals surface area contributed by atoms with E-state index in [0.29, 0.717) is 17.2 Å². The van der Waals surface area contributed by atoms with Crippen LogP contribution in [0.25, 0.3) is 11.5 Å². The maximum atomic E-state index is 12.6. The van der Waals surface area contributed by atoms with Crippen LogP contribution in [0.4, 0.5) is 0 Å². The lowest BCUT2D eigenvalue weighted by molar-refractivity contribution is 0.102. The maximum Gasteiger partial charge on any atom is 0.277 e. The van der Waals surface area contributed by atoms with E-state index in [1.54, 1.807) is 18.5 Å². The normalized spacial score (nSPS) is 11.2. The first-order valence-corrected chi connectivity index (χ1v) is 9.04. The SMILES string of the molecule is Cc1cc(C(=O)CSc2nnc(-c3cccnc3)o2)c(C)n1C(C)C. The number of pyridine rings is 1. The Morgan fingerprint density at radius 2 is 2.12 bits per heavy atom. The summed E-state index contributed by atoms with van der Waals surface area (Å²) in [5.41, 5.74) is 3.61. The number of Topliss-reactive ketones (excluding diaryl/α,β-unsaturated/α-hetero) is 1. The molecule has 0 saturated heterocycles. The molecule has 0 N–H and O–H groups in total. The quantitative estimate of drug-likeness (QED) is 0.489. The number of nitrogens with zero attached hydrogens (tertiary/aromatic N) is 4. The molecule has 25 heavy (non-hydrogen) atoms. The molecule has 3 aromatic heterocycles. The second-order valence-electron chi connectivity index (χ2n) is 6.08. The van der Waals surface area contributed by atoms with Gasteiger partial charge >= 0.3 is 0 Å². The second-order valence-corrected chi connectivity index (χ2v) is 7.00. The van der Waals surface area contributed by atoms with Crippen molar-refractivity contribution in [2.24, 2.45) is 0 Å². The number of carbonyl (C=O) groups is 1. The minimum Gasteiger partial charge on any atom is -0.411 e. The number of thioether (sulfide) groups is 1. The molecule has 6 nitrogen and oxygen atoms in total. The van der Waals surface area contributed by atoms with Crippen molar-refractivity contribution in [3.63, 3.8) is 0 Å². The number of aromatic nitrogens is 4. The van der Waals surface area contributed by atoms with E-state index in [-0.39, 0.29) is 11.5 Å². The van der Waals surface area contributed by atoms with Crippen molar-refractivity contribution in [1.82, 2.24) is 19.7 Å². The van der Waals surface area contributed by atoms with E-state index in [0.717, 1.165) is 22.5 Å². The van der Waals surface area contributed by atoms with Crippen LogP contribution >= 0.6 is 11.8 Å². The Labute approximate surface area is 150 Å². The van der Waals surface area contributed by atoms with Crippen LogP contribution in [0.15, 0.2) is 40.2 Å². The molecule has 0 radical (unpaired) electrons. The molecule has 0 spiro atoms. The first-order valence-electron chi connectivity index (χ1n) is 8.05. The molecule has 0 aliphatic rings. The summed E-state index contributed by atoms with van der Waals surface area (Å²) >= 11 is 1.25. The molecule has 130 valence electrons. The lowest BCUT2D eigenvalue weighted by Gasteiger charge is -2.13. The van der Waals surface area contributed by atoms with Gasteiger partial charge in [-0.05, 0) is 45.9 Å². The van der Waals surface area contributed by atoms with Gasteiger partial charge in [-0.3, -0.25) is 9.78 Å². The summed E-state index contributed by atoms with van der Waals surface area (Å²) in [6.45, 7) is 8.23. The third-order valence-electron chi connectivity index (χ3n) is 3.94. The van der Waals surface area contributed by atoms with Crippen LogP contribution in [0.1, 0.15) is 41.6 Å². The molecule has 0 unspecified atom stereocenters. The average molecular weight is 356 g/mol. The van der Waals surface area contributed by atoms with E-state index in [9.17, 15) is 4.79 Å². The maximum absolute atomic E-state index is 12.6. The van der Waals surface area contributed by atoms with Crippen molar-refractivity contribution in [2.75, 3.05) is 5.75 Å². The highest BCUT2D eigenvalue weighted by Gasteiger charge is 2.18. The number of rotatable bonds is 6. The zero-order valence-electron chi connectivity index (χ0n) is 14.7. The molecular weight excluding hydrogens is 336 g/mol. The van der Waals surface area contributed by atoms with Gasteiger partial charge in [0.05, 0.1) is 11.3 Å². The van der Waals surface area contributed by atoms with Crippen LogP contribution in [0.3, 0.4) is 0 Å². The summed E-state index contributed by atoms with van der Waals surface area (Å²) < 4.78 is 7.77. The lowest BCUT2D eigenvalue weighted by Crippen LogP contribution is -2.08. The average Bonchev–Trinajstić information content (AvgIpc) is 3.18. The van der Waals surface area contributed by atoms with Crippen molar-refractivity contribution in [3.05, 3.63) is 47.5 Å². The topological polar surface area (TPSA) is 73.8 Å². The van der Waals surface area contributed by atoms with Crippen molar-refractivity contribution < 1.29 is 9.21 Å². The molecule has 3 heterocycles. The largest absolute Gasteiger partial charge is 0.411 e. The van der Waals surface area contributed by atoms with Crippen molar-refractivity contribution >= 4 is 17.5 Å². The summed E-state index contributed by atoms with van der Waals surface area (Å²) in [6, 6.07) is 5.93.